The van der Waals surface area contributed by atoms with Crippen LogP contribution in [0.25, 0.3) is 0 Å². The second-order valence-corrected chi connectivity index (χ2v) is 9.22. The van der Waals surface area contributed by atoms with E-state index in [1.807, 2.05) is 37.3 Å². The lowest BCUT2D eigenvalue weighted by molar-refractivity contribution is -0.119. The number of hydrogen-bond acceptors (Lipinski definition) is 3. The highest BCUT2D eigenvalue weighted by atomic mass is 35.5. The van der Waals surface area contributed by atoms with Gasteiger partial charge in [0, 0.05) is 11.6 Å². The summed E-state index contributed by atoms with van der Waals surface area (Å²) >= 11 is 5.89. The quantitative estimate of drug-likeness (QED) is 0.560. The summed E-state index contributed by atoms with van der Waals surface area (Å²) in [7, 11) is -3.94. The lowest BCUT2D eigenvalue weighted by Crippen LogP contribution is -2.41. The number of carbonyl (C=O) groups is 1. The number of anilines is 1. The van der Waals surface area contributed by atoms with Gasteiger partial charge in [-0.15, -0.1) is 0 Å². The van der Waals surface area contributed by atoms with E-state index in [0.717, 1.165) is 9.87 Å². The zero-order chi connectivity index (χ0) is 21.6. The van der Waals surface area contributed by atoms with E-state index in [4.69, 9.17) is 11.6 Å². The predicted molar refractivity (Wildman–Crippen MR) is 120 cm³/mol. The number of amides is 1. The van der Waals surface area contributed by atoms with Crippen LogP contribution in [0.3, 0.4) is 0 Å². The van der Waals surface area contributed by atoms with Gasteiger partial charge in [-0.05, 0) is 47.9 Å². The molecular weight excluding hydrogens is 420 g/mol. The summed E-state index contributed by atoms with van der Waals surface area (Å²) in [6.07, 6.45) is 0. The molecule has 7 heteroatoms. The Bertz CT molecular complexity index is 1070. The number of rotatable bonds is 8. The van der Waals surface area contributed by atoms with Gasteiger partial charge >= 0.3 is 0 Å². The van der Waals surface area contributed by atoms with E-state index in [1.165, 1.54) is 24.3 Å². The molecule has 0 unspecified atom stereocenters. The predicted octanol–water partition coefficient (Wildman–Crippen LogP) is 4.46. The first-order valence-corrected chi connectivity index (χ1v) is 11.3. The van der Waals surface area contributed by atoms with Crippen LogP contribution in [0.2, 0.25) is 5.02 Å². The minimum atomic E-state index is -3.94. The van der Waals surface area contributed by atoms with Gasteiger partial charge in [-0.1, -0.05) is 67.1 Å². The smallest absolute Gasteiger partial charge is 0.264 e. The third-order valence-electron chi connectivity index (χ3n) is 4.71. The molecule has 0 aliphatic rings. The summed E-state index contributed by atoms with van der Waals surface area (Å²) < 4.78 is 27.6. The Hall–Kier alpha value is -2.83. The SMILES string of the molecule is C[C@@H](CNC(=O)CN(c1ccccc1)S(=O)(=O)c1ccc(Cl)cc1)c1ccccc1. The molecule has 0 aliphatic heterocycles. The minimum Gasteiger partial charge on any atom is -0.354 e. The van der Waals surface area contributed by atoms with Crippen molar-refractivity contribution in [1.82, 2.24) is 5.32 Å². The summed E-state index contributed by atoms with van der Waals surface area (Å²) in [4.78, 5) is 12.7. The molecule has 1 atom stereocenters. The van der Waals surface area contributed by atoms with Crippen LogP contribution in [0.15, 0.2) is 89.8 Å². The number of hydrogen-bond donors (Lipinski definition) is 1. The van der Waals surface area contributed by atoms with Crippen molar-refractivity contribution in [2.75, 3.05) is 17.4 Å². The molecular formula is C23H23ClN2O3S. The van der Waals surface area contributed by atoms with Crippen molar-refractivity contribution in [3.63, 3.8) is 0 Å². The molecule has 156 valence electrons. The number of para-hydroxylation sites is 1. The Morgan fingerprint density at radius 2 is 1.50 bits per heavy atom. The number of nitrogens with one attached hydrogen (secondary N) is 1. The van der Waals surface area contributed by atoms with Crippen molar-refractivity contribution in [3.8, 4) is 0 Å². The van der Waals surface area contributed by atoms with Gasteiger partial charge < -0.3 is 5.32 Å². The molecule has 30 heavy (non-hydrogen) atoms. The van der Waals surface area contributed by atoms with Gasteiger partial charge in [0.2, 0.25) is 5.91 Å². The van der Waals surface area contributed by atoms with Gasteiger partial charge in [-0.3, -0.25) is 9.10 Å². The third kappa shape index (κ3) is 5.40. The summed E-state index contributed by atoms with van der Waals surface area (Å²) in [5.74, 6) is -0.271. The van der Waals surface area contributed by atoms with Gasteiger partial charge in [0.1, 0.15) is 6.54 Å². The van der Waals surface area contributed by atoms with Crippen LogP contribution in [0.5, 0.6) is 0 Å². The standard InChI is InChI=1S/C23H23ClN2O3S/c1-18(19-8-4-2-5-9-19)16-25-23(27)17-26(21-10-6-3-7-11-21)30(28,29)22-14-12-20(24)13-15-22/h2-15,18H,16-17H2,1H3,(H,25,27)/t18-/m0/s1. The molecule has 0 aliphatic carbocycles. The van der Waals surface area contributed by atoms with E-state index in [1.54, 1.807) is 30.3 Å². The van der Waals surface area contributed by atoms with Gasteiger partial charge in [0.05, 0.1) is 10.6 Å². The Labute approximate surface area is 182 Å². The normalized spacial score (nSPS) is 12.2. The van der Waals surface area contributed by atoms with E-state index in [9.17, 15) is 13.2 Å². The van der Waals surface area contributed by atoms with Crippen molar-refractivity contribution in [2.24, 2.45) is 0 Å². The maximum atomic E-state index is 13.2. The average Bonchev–Trinajstić information content (AvgIpc) is 2.77. The molecule has 0 saturated carbocycles. The molecule has 0 spiro atoms. The van der Waals surface area contributed by atoms with Crippen molar-refractivity contribution in [2.45, 2.75) is 17.7 Å². The van der Waals surface area contributed by atoms with Gasteiger partial charge in [0.25, 0.3) is 10.0 Å². The monoisotopic (exact) mass is 442 g/mol. The molecule has 0 heterocycles. The number of halogens is 1. The highest BCUT2D eigenvalue weighted by Gasteiger charge is 2.27. The van der Waals surface area contributed by atoms with Crippen LogP contribution in [-0.2, 0) is 14.8 Å². The molecule has 0 saturated heterocycles. The number of benzene rings is 3. The Morgan fingerprint density at radius 3 is 2.10 bits per heavy atom. The van der Waals surface area contributed by atoms with Crippen LogP contribution in [0.4, 0.5) is 5.69 Å². The van der Waals surface area contributed by atoms with Crippen LogP contribution >= 0.6 is 11.6 Å². The van der Waals surface area contributed by atoms with E-state index < -0.39 is 10.0 Å². The molecule has 5 nitrogen and oxygen atoms in total. The first kappa shape index (κ1) is 21.9. The Kier molecular flexibility index (Phi) is 7.13. The van der Waals surface area contributed by atoms with Gasteiger partial charge in [0.15, 0.2) is 0 Å². The van der Waals surface area contributed by atoms with Crippen LogP contribution in [0, 0.1) is 0 Å². The third-order valence-corrected chi connectivity index (χ3v) is 6.75. The lowest BCUT2D eigenvalue weighted by Gasteiger charge is -2.24. The zero-order valence-corrected chi connectivity index (χ0v) is 18.1. The molecule has 0 bridgehead atoms. The van der Waals surface area contributed by atoms with Crippen LogP contribution in [0.1, 0.15) is 18.4 Å². The summed E-state index contributed by atoms with van der Waals surface area (Å²) in [6, 6.07) is 24.3. The fourth-order valence-corrected chi connectivity index (χ4v) is 4.54. The highest BCUT2D eigenvalue weighted by Crippen LogP contribution is 2.24. The van der Waals surface area contributed by atoms with Crippen molar-refractivity contribution in [3.05, 3.63) is 95.5 Å². The van der Waals surface area contributed by atoms with Crippen LogP contribution in [-0.4, -0.2) is 27.4 Å². The topological polar surface area (TPSA) is 66.5 Å². The molecule has 3 rings (SSSR count). The number of sulfonamides is 1. The van der Waals surface area contributed by atoms with Crippen molar-refractivity contribution < 1.29 is 13.2 Å². The molecule has 1 N–H and O–H groups in total. The molecule has 3 aromatic carbocycles. The number of carbonyl (C=O) groups excluding carboxylic acids is 1. The van der Waals surface area contributed by atoms with Crippen LogP contribution < -0.4 is 9.62 Å². The van der Waals surface area contributed by atoms with Gasteiger partial charge in [-0.25, -0.2) is 8.42 Å². The van der Waals surface area contributed by atoms with E-state index in [-0.39, 0.29) is 23.3 Å². The molecule has 1 amide bonds. The van der Waals surface area contributed by atoms with E-state index in [2.05, 4.69) is 5.32 Å². The fraction of sp³-hybridized carbons (Fsp3) is 0.174. The summed E-state index contributed by atoms with van der Waals surface area (Å²) in [5, 5.41) is 3.29. The van der Waals surface area contributed by atoms with Gasteiger partial charge in [-0.2, -0.15) is 0 Å². The first-order valence-electron chi connectivity index (χ1n) is 9.53. The zero-order valence-electron chi connectivity index (χ0n) is 16.5. The molecule has 0 fully saturated rings. The second kappa shape index (κ2) is 9.78. The van der Waals surface area contributed by atoms with E-state index >= 15 is 0 Å². The molecule has 0 aromatic heterocycles. The maximum absolute atomic E-state index is 13.2. The first-order chi connectivity index (χ1) is 14.4. The fourth-order valence-electron chi connectivity index (χ4n) is 3.00. The Balaban J connectivity index is 1.78. The second-order valence-electron chi connectivity index (χ2n) is 6.92. The largest absolute Gasteiger partial charge is 0.354 e. The van der Waals surface area contributed by atoms with Crippen molar-refractivity contribution >= 4 is 33.2 Å². The average molecular weight is 443 g/mol. The summed E-state index contributed by atoms with van der Waals surface area (Å²) in [6.45, 7) is 2.10. The molecule has 3 aromatic rings. The molecule has 0 radical (unpaired) electrons. The highest BCUT2D eigenvalue weighted by molar-refractivity contribution is 7.92. The lowest BCUT2D eigenvalue weighted by atomic mass is 10.0. The Morgan fingerprint density at radius 1 is 0.933 bits per heavy atom. The number of nitrogens with zero attached hydrogens (tertiary/aromatic N) is 1. The van der Waals surface area contributed by atoms with Crippen molar-refractivity contribution in [1.29, 1.82) is 0 Å². The maximum Gasteiger partial charge on any atom is 0.264 e. The van der Waals surface area contributed by atoms with E-state index in [0.29, 0.717) is 17.3 Å². The minimum absolute atomic E-state index is 0.0706. The summed E-state index contributed by atoms with van der Waals surface area (Å²) in [5.41, 5.74) is 1.52.